The highest BCUT2D eigenvalue weighted by Gasteiger charge is 2.02. The highest BCUT2D eigenvalue weighted by atomic mass is 32.2. The molecule has 0 aliphatic rings. The van der Waals surface area contributed by atoms with E-state index >= 15 is 0 Å². The molecule has 0 fully saturated rings. The molecular weight excluding hydrogens is 224 g/mol. The summed E-state index contributed by atoms with van der Waals surface area (Å²) in [6, 6.07) is 0. The fraction of sp³-hybridized carbons (Fsp3) is 0.636. The zero-order chi connectivity index (χ0) is 12.0. The van der Waals surface area contributed by atoms with Gasteiger partial charge in [0, 0.05) is 18.3 Å². The molecule has 1 aromatic rings. The van der Waals surface area contributed by atoms with Crippen LogP contribution in [0.25, 0.3) is 0 Å². The first-order valence-electron chi connectivity index (χ1n) is 5.59. The van der Waals surface area contributed by atoms with Gasteiger partial charge in [0.2, 0.25) is 0 Å². The Hall–Kier alpha value is -0.970. The van der Waals surface area contributed by atoms with Gasteiger partial charge in [0.15, 0.2) is 0 Å². The van der Waals surface area contributed by atoms with Gasteiger partial charge in [-0.05, 0) is 24.3 Å². The number of nitrogens with zero attached hydrogens (tertiary/aromatic N) is 1. The van der Waals surface area contributed by atoms with E-state index in [9.17, 15) is 9.59 Å². The van der Waals surface area contributed by atoms with E-state index in [0.717, 1.165) is 17.9 Å². The number of aromatic amines is 1. The normalized spacial score (nSPS) is 10.6. The van der Waals surface area contributed by atoms with E-state index in [-0.39, 0.29) is 11.2 Å². The van der Waals surface area contributed by atoms with Gasteiger partial charge in [0.05, 0.1) is 0 Å². The lowest BCUT2D eigenvalue weighted by Crippen LogP contribution is -2.31. The van der Waals surface area contributed by atoms with Crippen molar-refractivity contribution in [3.8, 4) is 0 Å². The van der Waals surface area contributed by atoms with Gasteiger partial charge in [-0.15, -0.1) is 0 Å². The summed E-state index contributed by atoms with van der Waals surface area (Å²) >= 11 is 1.86. The lowest BCUT2D eigenvalue weighted by Gasteiger charge is -2.06. The van der Waals surface area contributed by atoms with E-state index in [0.29, 0.717) is 18.5 Å². The fourth-order valence-corrected chi connectivity index (χ4v) is 2.08. The summed E-state index contributed by atoms with van der Waals surface area (Å²) in [6.07, 6.45) is 3.28. The maximum Gasteiger partial charge on any atom is 0.328 e. The van der Waals surface area contributed by atoms with Crippen LogP contribution in [0, 0.1) is 0 Å². The van der Waals surface area contributed by atoms with E-state index in [1.807, 2.05) is 18.7 Å². The molecule has 1 rings (SSSR count). The number of nitrogens with one attached hydrogen (secondary N) is 1. The first kappa shape index (κ1) is 13.1. The maximum atomic E-state index is 11.5. The molecule has 1 aromatic heterocycles. The standard InChI is InChI=1S/C11H18N2O2S/c1-3-9-8-13(6-5-7-16-4-2)11(15)12-10(9)14/h8H,3-7H2,1-2H3,(H,12,14,15). The molecule has 16 heavy (non-hydrogen) atoms. The zero-order valence-corrected chi connectivity index (χ0v) is 10.6. The van der Waals surface area contributed by atoms with Gasteiger partial charge in [-0.1, -0.05) is 13.8 Å². The third-order valence-electron chi connectivity index (χ3n) is 2.36. The minimum atomic E-state index is -0.302. The van der Waals surface area contributed by atoms with E-state index in [4.69, 9.17) is 0 Å². The van der Waals surface area contributed by atoms with Crippen LogP contribution < -0.4 is 11.2 Å². The van der Waals surface area contributed by atoms with Crippen LogP contribution in [-0.2, 0) is 13.0 Å². The first-order valence-corrected chi connectivity index (χ1v) is 6.74. The predicted molar refractivity (Wildman–Crippen MR) is 68.3 cm³/mol. The van der Waals surface area contributed by atoms with Crippen LogP contribution >= 0.6 is 11.8 Å². The van der Waals surface area contributed by atoms with E-state index in [1.54, 1.807) is 10.8 Å². The van der Waals surface area contributed by atoms with Crippen molar-refractivity contribution in [2.75, 3.05) is 11.5 Å². The van der Waals surface area contributed by atoms with Crippen molar-refractivity contribution in [1.82, 2.24) is 9.55 Å². The summed E-state index contributed by atoms with van der Waals surface area (Å²) in [6.45, 7) is 4.70. The minimum absolute atomic E-state index is 0.258. The fourth-order valence-electron chi connectivity index (χ4n) is 1.45. The largest absolute Gasteiger partial charge is 0.328 e. The summed E-state index contributed by atoms with van der Waals surface area (Å²) in [5.74, 6) is 2.14. The Kier molecular flexibility index (Phi) is 5.38. The van der Waals surface area contributed by atoms with Gasteiger partial charge in [0.1, 0.15) is 0 Å². The Morgan fingerprint density at radius 1 is 1.38 bits per heavy atom. The van der Waals surface area contributed by atoms with Crippen LogP contribution in [0.4, 0.5) is 0 Å². The van der Waals surface area contributed by atoms with Crippen molar-refractivity contribution >= 4 is 11.8 Å². The van der Waals surface area contributed by atoms with Crippen molar-refractivity contribution < 1.29 is 0 Å². The second-order valence-corrected chi connectivity index (χ2v) is 4.90. The molecule has 1 heterocycles. The van der Waals surface area contributed by atoms with Gasteiger partial charge in [0.25, 0.3) is 5.56 Å². The molecule has 0 unspecified atom stereocenters. The molecule has 0 aliphatic carbocycles. The molecule has 1 N–H and O–H groups in total. The number of hydrogen-bond acceptors (Lipinski definition) is 3. The lowest BCUT2D eigenvalue weighted by molar-refractivity contribution is 0.629. The monoisotopic (exact) mass is 242 g/mol. The van der Waals surface area contributed by atoms with Gasteiger partial charge in [-0.3, -0.25) is 9.78 Å². The molecule has 0 amide bonds. The Morgan fingerprint density at radius 3 is 2.75 bits per heavy atom. The Labute approximate surface area is 99.1 Å². The topological polar surface area (TPSA) is 54.9 Å². The highest BCUT2D eigenvalue weighted by Crippen LogP contribution is 2.01. The second kappa shape index (κ2) is 6.58. The number of H-pyrrole nitrogens is 1. The average molecular weight is 242 g/mol. The maximum absolute atomic E-state index is 11.5. The molecule has 0 radical (unpaired) electrons. The molecule has 4 nitrogen and oxygen atoms in total. The minimum Gasteiger partial charge on any atom is -0.300 e. The first-order chi connectivity index (χ1) is 7.69. The predicted octanol–water partition coefficient (Wildman–Crippen LogP) is 1.24. The zero-order valence-electron chi connectivity index (χ0n) is 9.78. The molecule has 0 aliphatic heterocycles. The summed E-state index contributed by atoms with van der Waals surface area (Å²) in [5, 5.41) is 0. The van der Waals surface area contributed by atoms with Crippen molar-refractivity contribution in [2.24, 2.45) is 0 Å². The third-order valence-corrected chi connectivity index (χ3v) is 3.34. The molecule has 0 atom stereocenters. The van der Waals surface area contributed by atoms with Crippen LogP contribution in [0.1, 0.15) is 25.8 Å². The van der Waals surface area contributed by atoms with E-state index in [2.05, 4.69) is 11.9 Å². The Bertz CT molecular complexity index is 436. The summed E-state index contributed by atoms with van der Waals surface area (Å²) < 4.78 is 1.59. The number of aryl methyl sites for hydroxylation is 2. The molecule has 0 spiro atoms. The molecule has 5 heteroatoms. The highest BCUT2D eigenvalue weighted by molar-refractivity contribution is 7.99. The second-order valence-electron chi connectivity index (χ2n) is 3.51. The van der Waals surface area contributed by atoms with Crippen molar-refractivity contribution in [3.63, 3.8) is 0 Å². The molecule has 90 valence electrons. The lowest BCUT2D eigenvalue weighted by atomic mass is 10.2. The molecule has 0 saturated heterocycles. The van der Waals surface area contributed by atoms with Crippen molar-refractivity contribution in [1.29, 1.82) is 0 Å². The van der Waals surface area contributed by atoms with Crippen molar-refractivity contribution in [2.45, 2.75) is 33.2 Å². The molecular formula is C11H18N2O2S. The van der Waals surface area contributed by atoms with Crippen LogP contribution in [0.3, 0.4) is 0 Å². The number of hydrogen-bond donors (Lipinski definition) is 1. The number of rotatable bonds is 6. The number of thioether (sulfide) groups is 1. The third kappa shape index (κ3) is 3.56. The van der Waals surface area contributed by atoms with Gasteiger partial charge >= 0.3 is 5.69 Å². The van der Waals surface area contributed by atoms with Gasteiger partial charge < -0.3 is 4.57 Å². The quantitative estimate of drug-likeness (QED) is 0.764. The van der Waals surface area contributed by atoms with Gasteiger partial charge in [-0.25, -0.2) is 4.79 Å². The summed E-state index contributed by atoms with van der Waals surface area (Å²) in [7, 11) is 0. The van der Waals surface area contributed by atoms with Crippen LogP contribution in [0.5, 0.6) is 0 Å². The Balaban J connectivity index is 2.72. The summed E-state index contributed by atoms with van der Waals surface area (Å²) in [4.78, 5) is 25.1. The number of aromatic nitrogens is 2. The average Bonchev–Trinajstić information content (AvgIpc) is 2.27. The van der Waals surface area contributed by atoms with Crippen LogP contribution in [-0.4, -0.2) is 21.1 Å². The van der Waals surface area contributed by atoms with E-state index in [1.165, 1.54) is 0 Å². The smallest absolute Gasteiger partial charge is 0.300 e. The molecule has 0 aromatic carbocycles. The summed E-state index contributed by atoms with van der Waals surface area (Å²) in [5.41, 5.74) is 0.109. The van der Waals surface area contributed by atoms with Crippen molar-refractivity contribution in [3.05, 3.63) is 32.6 Å². The SMILES string of the molecule is CCSCCCn1cc(CC)c(=O)[nH]c1=O. The van der Waals surface area contributed by atoms with E-state index < -0.39 is 0 Å². The van der Waals surface area contributed by atoms with Crippen LogP contribution in [0.2, 0.25) is 0 Å². The van der Waals surface area contributed by atoms with Gasteiger partial charge in [-0.2, -0.15) is 11.8 Å². The van der Waals surface area contributed by atoms with Crippen LogP contribution in [0.15, 0.2) is 15.8 Å². The Morgan fingerprint density at radius 2 is 2.12 bits per heavy atom. The molecule has 0 saturated carbocycles. The molecule has 0 bridgehead atoms.